The van der Waals surface area contributed by atoms with E-state index in [-0.39, 0.29) is 23.0 Å². The number of nitrogens with two attached hydrogens (primary N) is 1. The van der Waals surface area contributed by atoms with Crippen LogP contribution in [0.5, 0.6) is 5.75 Å². The van der Waals surface area contributed by atoms with Crippen LogP contribution in [0.4, 0.5) is 5.69 Å². The summed E-state index contributed by atoms with van der Waals surface area (Å²) in [6.07, 6.45) is 0. The summed E-state index contributed by atoms with van der Waals surface area (Å²) in [5.41, 5.74) is 5.92. The highest BCUT2D eigenvalue weighted by molar-refractivity contribution is 6.28. The summed E-state index contributed by atoms with van der Waals surface area (Å²) >= 11 is 5.45. The molecule has 0 unspecified atom stereocenters. The molecule has 1 aromatic rings. The number of amidine groups is 1. The van der Waals surface area contributed by atoms with Crippen molar-refractivity contribution in [1.29, 1.82) is 0 Å². The van der Waals surface area contributed by atoms with E-state index in [0.29, 0.717) is 5.69 Å². The third-order valence-corrected chi connectivity index (χ3v) is 2.07. The number of aromatic hydroxyl groups is 1. The molecule has 0 amide bonds. The average molecular weight is 243 g/mol. The van der Waals surface area contributed by atoms with Gasteiger partial charge in [-0.05, 0) is 12.1 Å². The van der Waals surface area contributed by atoms with Gasteiger partial charge in [0, 0.05) is 6.07 Å². The lowest BCUT2D eigenvalue weighted by Crippen LogP contribution is -2.12. The number of methoxy groups -OCH3 is 1. The molecule has 0 aromatic heterocycles. The Morgan fingerprint density at radius 3 is 2.81 bits per heavy atom. The molecule has 0 heterocycles. The van der Waals surface area contributed by atoms with Gasteiger partial charge >= 0.3 is 5.97 Å². The number of hydrogen-bond acceptors (Lipinski definition) is 4. The minimum Gasteiger partial charge on any atom is -0.507 e. The van der Waals surface area contributed by atoms with E-state index in [1.165, 1.54) is 25.3 Å². The van der Waals surface area contributed by atoms with Crippen molar-refractivity contribution >= 4 is 29.1 Å². The summed E-state index contributed by atoms with van der Waals surface area (Å²) in [5.74, 6) is -0.500. The maximum absolute atomic E-state index is 11.2. The Labute approximate surface area is 97.5 Å². The minimum absolute atomic E-state index is 0.0749. The number of carbonyl (C=O) groups is 1. The molecule has 0 atom stereocenters. The predicted molar refractivity (Wildman–Crippen MR) is 61.4 cm³/mol. The Morgan fingerprint density at radius 1 is 1.62 bits per heavy atom. The van der Waals surface area contributed by atoms with Gasteiger partial charge in [-0.2, -0.15) is 0 Å². The number of benzene rings is 1. The van der Waals surface area contributed by atoms with E-state index in [9.17, 15) is 9.90 Å². The molecule has 16 heavy (non-hydrogen) atoms. The summed E-state index contributed by atoms with van der Waals surface area (Å²) in [5, 5.41) is 9.53. The fraction of sp³-hybridized carbons (Fsp3) is 0.200. The van der Waals surface area contributed by atoms with Crippen molar-refractivity contribution in [1.82, 2.24) is 0 Å². The zero-order valence-corrected chi connectivity index (χ0v) is 9.36. The van der Waals surface area contributed by atoms with Crippen molar-refractivity contribution in [3.05, 3.63) is 23.8 Å². The van der Waals surface area contributed by atoms with E-state index in [2.05, 4.69) is 9.73 Å². The quantitative estimate of drug-likeness (QED) is 0.363. The Morgan fingerprint density at radius 2 is 2.31 bits per heavy atom. The molecule has 0 saturated carbocycles. The maximum Gasteiger partial charge on any atom is 0.341 e. The number of carbonyl (C=O) groups excluding carboxylic acids is 1. The molecule has 0 spiro atoms. The summed E-state index contributed by atoms with van der Waals surface area (Å²) in [6.45, 7) is 0. The number of esters is 1. The predicted octanol–water partition coefficient (Wildman–Crippen LogP) is 1.41. The second-order valence-electron chi connectivity index (χ2n) is 2.93. The topological polar surface area (TPSA) is 84.9 Å². The van der Waals surface area contributed by atoms with Crippen LogP contribution in [0.25, 0.3) is 0 Å². The molecular weight excluding hydrogens is 232 g/mol. The van der Waals surface area contributed by atoms with Gasteiger partial charge in [0.05, 0.1) is 18.7 Å². The first-order valence-electron chi connectivity index (χ1n) is 4.38. The molecule has 0 aliphatic rings. The Hall–Kier alpha value is -1.75. The fourth-order valence-electron chi connectivity index (χ4n) is 1.07. The zero-order chi connectivity index (χ0) is 12.1. The van der Waals surface area contributed by atoms with Gasteiger partial charge in [-0.15, -0.1) is 11.6 Å². The molecular formula is C10H11ClN2O3. The Kier molecular flexibility index (Phi) is 4.13. The van der Waals surface area contributed by atoms with E-state index in [0.717, 1.165) is 0 Å². The lowest BCUT2D eigenvalue weighted by Gasteiger charge is -2.03. The van der Waals surface area contributed by atoms with Crippen LogP contribution in [0.3, 0.4) is 0 Å². The summed E-state index contributed by atoms with van der Waals surface area (Å²) in [6, 6.07) is 4.25. The highest BCUT2D eigenvalue weighted by Crippen LogP contribution is 2.24. The summed E-state index contributed by atoms with van der Waals surface area (Å²) in [4.78, 5) is 15.1. The van der Waals surface area contributed by atoms with Gasteiger partial charge in [0.25, 0.3) is 0 Å². The van der Waals surface area contributed by atoms with E-state index in [4.69, 9.17) is 17.3 Å². The first-order valence-corrected chi connectivity index (χ1v) is 4.92. The van der Waals surface area contributed by atoms with Crippen LogP contribution in [0.15, 0.2) is 23.2 Å². The Balaban J connectivity index is 3.04. The van der Waals surface area contributed by atoms with Gasteiger partial charge in [-0.3, -0.25) is 0 Å². The lowest BCUT2D eigenvalue weighted by molar-refractivity contribution is 0.0597. The van der Waals surface area contributed by atoms with Crippen LogP contribution in [0.2, 0.25) is 0 Å². The van der Waals surface area contributed by atoms with Crippen molar-refractivity contribution in [2.24, 2.45) is 10.7 Å². The zero-order valence-electron chi connectivity index (χ0n) is 8.61. The number of phenolic OH excluding ortho intramolecular Hbond substituents is 1. The molecule has 86 valence electrons. The van der Waals surface area contributed by atoms with Crippen LogP contribution in [-0.2, 0) is 4.74 Å². The third kappa shape index (κ3) is 2.87. The fourth-order valence-corrected chi connectivity index (χ4v) is 1.13. The van der Waals surface area contributed by atoms with Crippen LogP contribution in [0, 0.1) is 0 Å². The molecule has 0 fully saturated rings. The van der Waals surface area contributed by atoms with E-state index < -0.39 is 5.97 Å². The maximum atomic E-state index is 11.2. The second kappa shape index (κ2) is 5.37. The van der Waals surface area contributed by atoms with Crippen LogP contribution < -0.4 is 5.73 Å². The van der Waals surface area contributed by atoms with Crippen LogP contribution in [0.1, 0.15) is 10.4 Å². The third-order valence-electron chi connectivity index (χ3n) is 1.80. The van der Waals surface area contributed by atoms with Crippen LogP contribution >= 0.6 is 11.6 Å². The number of hydrogen-bond donors (Lipinski definition) is 2. The van der Waals surface area contributed by atoms with Gasteiger partial charge in [-0.1, -0.05) is 0 Å². The molecule has 0 radical (unpaired) electrons. The molecule has 1 aromatic carbocycles. The molecule has 5 nitrogen and oxygen atoms in total. The normalized spacial score (nSPS) is 11.2. The molecule has 1 rings (SSSR count). The molecule has 3 N–H and O–H groups in total. The van der Waals surface area contributed by atoms with E-state index in [1.54, 1.807) is 0 Å². The number of aliphatic imine (C=N–C) groups is 1. The number of alkyl halides is 1. The standard InChI is InChI=1S/C10H11ClN2O3/c1-16-10(15)7-3-2-6(4-8(7)14)13-9(12)5-11/h2-4,14H,5H2,1H3,(H2,12,13). The first-order chi connectivity index (χ1) is 7.58. The first kappa shape index (κ1) is 12.3. The van der Waals surface area contributed by atoms with Crippen molar-refractivity contribution in [2.75, 3.05) is 13.0 Å². The van der Waals surface area contributed by atoms with Crippen molar-refractivity contribution in [3.63, 3.8) is 0 Å². The summed E-state index contributed by atoms with van der Waals surface area (Å²) < 4.78 is 4.48. The van der Waals surface area contributed by atoms with Gasteiger partial charge < -0.3 is 15.6 Å². The average Bonchev–Trinajstić information content (AvgIpc) is 2.28. The van der Waals surface area contributed by atoms with Crippen LogP contribution in [-0.4, -0.2) is 29.9 Å². The van der Waals surface area contributed by atoms with Crippen molar-refractivity contribution in [3.8, 4) is 5.75 Å². The lowest BCUT2D eigenvalue weighted by atomic mass is 10.2. The minimum atomic E-state index is -0.613. The molecule has 0 saturated heterocycles. The van der Waals surface area contributed by atoms with Gasteiger partial charge in [-0.25, -0.2) is 9.79 Å². The SMILES string of the molecule is COC(=O)c1ccc(N=C(N)CCl)cc1O. The molecule has 0 aliphatic carbocycles. The smallest absolute Gasteiger partial charge is 0.341 e. The Bertz CT molecular complexity index is 432. The highest BCUT2D eigenvalue weighted by Gasteiger charge is 2.11. The van der Waals surface area contributed by atoms with Crippen molar-refractivity contribution < 1.29 is 14.6 Å². The number of halogens is 1. The largest absolute Gasteiger partial charge is 0.507 e. The molecule has 0 aliphatic heterocycles. The number of ether oxygens (including phenoxy) is 1. The van der Waals surface area contributed by atoms with Crippen molar-refractivity contribution in [2.45, 2.75) is 0 Å². The van der Waals surface area contributed by atoms with Gasteiger partial charge in [0.2, 0.25) is 0 Å². The second-order valence-corrected chi connectivity index (χ2v) is 3.20. The number of nitrogens with zero attached hydrogens (tertiary/aromatic N) is 1. The molecule has 6 heteroatoms. The van der Waals surface area contributed by atoms with Gasteiger partial charge in [0.15, 0.2) is 0 Å². The number of rotatable bonds is 3. The molecule has 0 bridgehead atoms. The monoisotopic (exact) mass is 242 g/mol. The highest BCUT2D eigenvalue weighted by atomic mass is 35.5. The van der Waals surface area contributed by atoms with E-state index >= 15 is 0 Å². The van der Waals surface area contributed by atoms with Gasteiger partial charge in [0.1, 0.15) is 17.1 Å². The number of phenols is 1. The summed E-state index contributed by atoms with van der Waals surface area (Å²) in [7, 11) is 1.24. The van der Waals surface area contributed by atoms with E-state index in [1.807, 2.05) is 0 Å².